The molecule has 2 aliphatic heterocycles. The third kappa shape index (κ3) is 4.81. The number of urea groups is 1. The zero-order valence-electron chi connectivity index (χ0n) is 19.9. The second-order valence-corrected chi connectivity index (χ2v) is 9.29. The maximum atomic E-state index is 13.6. The van der Waals surface area contributed by atoms with E-state index in [1.54, 1.807) is 38.9 Å². The number of likely N-dealkylation sites (tertiary alicyclic amines) is 2. The number of hydrogen-bond acceptors (Lipinski definition) is 7. The van der Waals surface area contributed by atoms with Crippen molar-refractivity contribution in [2.75, 3.05) is 32.1 Å². The average molecular weight is 484 g/mol. The molecule has 2 aromatic rings. The van der Waals surface area contributed by atoms with E-state index < -0.39 is 23.5 Å². The van der Waals surface area contributed by atoms with Gasteiger partial charge in [-0.2, -0.15) is 0 Å². The van der Waals surface area contributed by atoms with E-state index in [0.717, 1.165) is 5.56 Å². The van der Waals surface area contributed by atoms with Crippen LogP contribution in [-0.4, -0.2) is 81.4 Å². The van der Waals surface area contributed by atoms with E-state index in [-0.39, 0.29) is 24.4 Å². The molecule has 12 nitrogen and oxygen atoms in total. The molecule has 1 unspecified atom stereocenters. The fraction of sp³-hybridized carbons (Fsp3) is 0.478. The van der Waals surface area contributed by atoms with E-state index in [1.807, 2.05) is 13.0 Å². The molecule has 0 spiro atoms. The Bertz CT molecular complexity index is 1160. The number of nitrogens with two attached hydrogens (primary N) is 1. The summed E-state index contributed by atoms with van der Waals surface area (Å²) in [5.41, 5.74) is 6.24. The van der Waals surface area contributed by atoms with Crippen molar-refractivity contribution >= 4 is 29.5 Å². The lowest BCUT2D eigenvalue weighted by Crippen LogP contribution is -2.49. The second-order valence-electron chi connectivity index (χ2n) is 9.29. The van der Waals surface area contributed by atoms with Crippen molar-refractivity contribution in [3.05, 3.63) is 30.5 Å². The molecule has 186 valence electrons. The highest BCUT2D eigenvalue weighted by molar-refractivity contribution is 5.90. The van der Waals surface area contributed by atoms with Crippen LogP contribution in [-0.2, 0) is 19.1 Å². The molecule has 3 heterocycles. The van der Waals surface area contributed by atoms with Crippen LogP contribution in [0.1, 0.15) is 32.7 Å². The largest absolute Gasteiger partial charge is 0.467 e. The van der Waals surface area contributed by atoms with Crippen molar-refractivity contribution < 1.29 is 23.9 Å². The summed E-state index contributed by atoms with van der Waals surface area (Å²) in [5, 5.41) is 11.0. The molecule has 1 aromatic heterocycles. The van der Waals surface area contributed by atoms with Gasteiger partial charge in [0.1, 0.15) is 11.7 Å². The molecule has 35 heavy (non-hydrogen) atoms. The summed E-state index contributed by atoms with van der Waals surface area (Å²) >= 11 is 0. The molecule has 3 atom stereocenters. The summed E-state index contributed by atoms with van der Waals surface area (Å²) in [6, 6.07) is 5.30. The van der Waals surface area contributed by atoms with Crippen molar-refractivity contribution in [3.8, 4) is 11.3 Å². The SMILES string of the molecule is COC(=O)[C@@H]1C[C@@H](n2cc(-c3cccc(NC(N)=O)c3)nn2)CN1C(=O)C1(C)CCN(C(C)=O)C1. The van der Waals surface area contributed by atoms with E-state index >= 15 is 0 Å². The summed E-state index contributed by atoms with van der Waals surface area (Å²) in [6.07, 6.45) is 2.60. The fourth-order valence-electron chi connectivity index (χ4n) is 4.83. The van der Waals surface area contributed by atoms with E-state index in [1.165, 1.54) is 14.0 Å². The highest BCUT2D eigenvalue weighted by Gasteiger charge is 2.49. The van der Waals surface area contributed by atoms with Crippen molar-refractivity contribution in [3.63, 3.8) is 0 Å². The number of carbonyl (C=O) groups excluding carboxylic acids is 4. The summed E-state index contributed by atoms with van der Waals surface area (Å²) < 4.78 is 6.63. The standard InChI is InChI=1S/C23H29N7O5/c1-14(31)28-8-7-23(2,13-28)21(33)29-11-17(10-19(29)20(32)35-3)30-12-18(26-27-30)15-5-4-6-16(9-15)25-22(24)34/h4-6,9,12,17,19H,7-8,10-11,13H2,1-3H3,(H3,24,25,34)/t17-,19+,23?/m1/s1. The molecule has 2 saturated heterocycles. The molecule has 0 bridgehead atoms. The predicted octanol–water partition coefficient (Wildman–Crippen LogP) is 1.01. The summed E-state index contributed by atoms with van der Waals surface area (Å²) in [6.45, 7) is 4.41. The van der Waals surface area contributed by atoms with Gasteiger partial charge in [-0.05, 0) is 25.5 Å². The smallest absolute Gasteiger partial charge is 0.328 e. The zero-order chi connectivity index (χ0) is 25.3. The molecule has 12 heteroatoms. The lowest BCUT2D eigenvalue weighted by atomic mass is 9.87. The molecule has 4 amide bonds. The van der Waals surface area contributed by atoms with Crippen molar-refractivity contribution in [1.29, 1.82) is 0 Å². The van der Waals surface area contributed by atoms with Gasteiger partial charge in [-0.3, -0.25) is 9.59 Å². The number of anilines is 1. The Balaban J connectivity index is 1.55. The number of rotatable bonds is 5. The van der Waals surface area contributed by atoms with Crippen LogP contribution in [0.15, 0.2) is 30.5 Å². The van der Waals surface area contributed by atoms with Gasteiger partial charge in [-0.1, -0.05) is 17.3 Å². The summed E-state index contributed by atoms with van der Waals surface area (Å²) in [7, 11) is 1.30. The topological polar surface area (TPSA) is 153 Å². The van der Waals surface area contributed by atoms with Crippen LogP contribution < -0.4 is 11.1 Å². The number of carbonyl (C=O) groups is 4. The Morgan fingerprint density at radius 1 is 1.26 bits per heavy atom. The molecule has 2 aliphatic rings. The third-order valence-corrected chi connectivity index (χ3v) is 6.76. The number of nitrogens with zero attached hydrogens (tertiary/aromatic N) is 5. The highest BCUT2D eigenvalue weighted by Crippen LogP contribution is 2.37. The number of esters is 1. The van der Waals surface area contributed by atoms with Crippen LogP contribution in [0.4, 0.5) is 10.5 Å². The molecular weight excluding hydrogens is 454 g/mol. The minimum atomic E-state index is -0.770. The number of nitrogens with one attached hydrogen (secondary N) is 1. The number of aromatic nitrogens is 3. The summed E-state index contributed by atoms with van der Waals surface area (Å²) in [4.78, 5) is 52.3. The Kier molecular flexibility index (Phi) is 6.46. The minimum Gasteiger partial charge on any atom is -0.467 e. The Morgan fingerprint density at radius 2 is 2.03 bits per heavy atom. The van der Waals surface area contributed by atoms with Gasteiger partial charge in [0, 0.05) is 44.2 Å². The Labute approximate surface area is 202 Å². The maximum absolute atomic E-state index is 13.6. The third-order valence-electron chi connectivity index (χ3n) is 6.76. The average Bonchev–Trinajstić information content (AvgIpc) is 3.56. The van der Waals surface area contributed by atoms with Crippen LogP contribution in [0, 0.1) is 5.41 Å². The first-order chi connectivity index (χ1) is 16.6. The summed E-state index contributed by atoms with van der Waals surface area (Å²) in [5.74, 6) is -0.739. The predicted molar refractivity (Wildman–Crippen MR) is 125 cm³/mol. The Hall–Kier alpha value is -3.96. The Morgan fingerprint density at radius 3 is 2.69 bits per heavy atom. The quantitative estimate of drug-likeness (QED) is 0.602. The van der Waals surface area contributed by atoms with E-state index in [0.29, 0.717) is 37.3 Å². The normalized spacial score (nSPS) is 23.9. The van der Waals surface area contributed by atoms with Gasteiger partial charge >= 0.3 is 12.0 Å². The number of hydrogen-bond donors (Lipinski definition) is 2. The van der Waals surface area contributed by atoms with Crippen molar-refractivity contribution in [2.45, 2.75) is 38.8 Å². The molecule has 4 rings (SSSR count). The molecule has 1 aromatic carbocycles. The minimum absolute atomic E-state index is 0.0735. The van der Waals surface area contributed by atoms with Gasteiger partial charge < -0.3 is 25.6 Å². The number of benzene rings is 1. The first kappa shape index (κ1) is 24.2. The van der Waals surface area contributed by atoms with Crippen LogP contribution in [0.25, 0.3) is 11.3 Å². The van der Waals surface area contributed by atoms with Crippen LogP contribution in [0.2, 0.25) is 0 Å². The second kappa shape index (κ2) is 9.35. The molecule has 0 aliphatic carbocycles. The van der Waals surface area contributed by atoms with Gasteiger partial charge in [0.25, 0.3) is 0 Å². The van der Waals surface area contributed by atoms with Gasteiger partial charge in [0.05, 0.1) is 24.8 Å². The first-order valence-electron chi connectivity index (χ1n) is 11.3. The van der Waals surface area contributed by atoms with Gasteiger partial charge in [-0.25, -0.2) is 14.3 Å². The van der Waals surface area contributed by atoms with E-state index in [9.17, 15) is 19.2 Å². The zero-order valence-corrected chi connectivity index (χ0v) is 19.9. The number of amides is 4. The number of ether oxygens (including phenoxy) is 1. The molecule has 0 saturated carbocycles. The first-order valence-corrected chi connectivity index (χ1v) is 11.3. The van der Waals surface area contributed by atoms with Crippen molar-refractivity contribution in [1.82, 2.24) is 24.8 Å². The maximum Gasteiger partial charge on any atom is 0.328 e. The van der Waals surface area contributed by atoms with Gasteiger partial charge in [-0.15, -0.1) is 5.10 Å². The highest BCUT2D eigenvalue weighted by atomic mass is 16.5. The van der Waals surface area contributed by atoms with Crippen LogP contribution >= 0.6 is 0 Å². The molecule has 0 radical (unpaired) electrons. The van der Waals surface area contributed by atoms with Crippen LogP contribution in [0.5, 0.6) is 0 Å². The number of methoxy groups -OCH3 is 1. The van der Waals surface area contributed by atoms with E-state index in [2.05, 4.69) is 15.6 Å². The van der Waals surface area contributed by atoms with Crippen LogP contribution in [0.3, 0.4) is 0 Å². The van der Waals surface area contributed by atoms with E-state index in [4.69, 9.17) is 10.5 Å². The lowest BCUT2D eigenvalue weighted by Gasteiger charge is -2.31. The van der Waals surface area contributed by atoms with Gasteiger partial charge in [0.2, 0.25) is 11.8 Å². The molecule has 2 fully saturated rings. The van der Waals surface area contributed by atoms with Gasteiger partial charge in [0.15, 0.2) is 0 Å². The molecule has 3 N–H and O–H groups in total. The lowest BCUT2D eigenvalue weighted by molar-refractivity contribution is -0.154. The monoisotopic (exact) mass is 483 g/mol. The molecular formula is C23H29N7O5. The number of primary amides is 1. The van der Waals surface area contributed by atoms with Crippen molar-refractivity contribution in [2.24, 2.45) is 11.1 Å². The fourth-order valence-corrected chi connectivity index (χ4v) is 4.83.